The number of amides is 1. The van der Waals surface area contributed by atoms with Crippen LogP contribution in [0.1, 0.15) is 59.1 Å². The summed E-state index contributed by atoms with van der Waals surface area (Å²) >= 11 is 1.62. The Morgan fingerprint density at radius 2 is 1.78 bits per heavy atom. The van der Waals surface area contributed by atoms with Crippen molar-refractivity contribution in [1.29, 1.82) is 0 Å². The van der Waals surface area contributed by atoms with Crippen LogP contribution < -0.4 is 19.5 Å². The van der Waals surface area contributed by atoms with Crippen molar-refractivity contribution in [3.63, 3.8) is 0 Å². The Kier molecular flexibility index (Phi) is 7.93. The van der Waals surface area contributed by atoms with Crippen molar-refractivity contribution in [2.75, 3.05) is 26.6 Å². The topological polar surface area (TPSA) is 69.2 Å². The van der Waals surface area contributed by atoms with E-state index in [0.29, 0.717) is 33.7 Å². The highest BCUT2D eigenvalue weighted by Gasteiger charge is 2.33. The van der Waals surface area contributed by atoms with Gasteiger partial charge in [-0.3, -0.25) is 4.79 Å². The van der Waals surface area contributed by atoms with Gasteiger partial charge in [0.05, 0.1) is 26.9 Å². The van der Waals surface area contributed by atoms with Crippen LogP contribution in [0.2, 0.25) is 0 Å². The first-order valence-corrected chi connectivity index (χ1v) is 13.3. The summed E-state index contributed by atoms with van der Waals surface area (Å²) in [5.41, 5.74) is 4.58. The van der Waals surface area contributed by atoms with Crippen molar-refractivity contribution in [3.8, 4) is 17.2 Å². The Morgan fingerprint density at radius 3 is 2.43 bits per heavy atom. The number of nitrogens with one attached hydrogen (secondary N) is 1. The molecule has 6 nitrogen and oxygen atoms in total. The summed E-state index contributed by atoms with van der Waals surface area (Å²) in [5.74, 6) is 2.06. The van der Waals surface area contributed by atoms with E-state index in [1.807, 2.05) is 43.3 Å². The second-order valence-electron chi connectivity index (χ2n) is 10.4. The van der Waals surface area contributed by atoms with Crippen LogP contribution in [-0.4, -0.2) is 33.5 Å². The summed E-state index contributed by atoms with van der Waals surface area (Å²) in [4.78, 5) is 19.8. The van der Waals surface area contributed by atoms with Crippen molar-refractivity contribution >= 4 is 34.1 Å². The lowest BCUT2D eigenvalue weighted by Crippen LogP contribution is -2.27. The number of ether oxygens (including phenoxy) is 3. The zero-order valence-electron chi connectivity index (χ0n) is 22.7. The molecule has 196 valence electrons. The van der Waals surface area contributed by atoms with Crippen molar-refractivity contribution in [1.82, 2.24) is 0 Å². The molecule has 1 aliphatic carbocycles. The number of aryl methyl sites for hydroxylation is 1. The Hall–Kier alpha value is -3.32. The molecule has 4 rings (SSSR count). The minimum atomic E-state index is -0.118. The first-order valence-electron chi connectivity index (χ1n) is 12.5. The molecule has 2 aromatic carbocycles. The van der Waals surface area contributed by atoms with Gasteiger partial charge in [-0.2, -0.15) is 0 Å². The van der Waals surface area contributed by atoms with Crippen molar-refractivity contribution < 1.29 is 19.0 Å². The maximum absolute atomic E-state index is 13.7. The van der Waals surface area contributed by atoms with E-state index in [9.17, 15) is 4.79 Å². The van der Waals surface area contributed by atoms with Crippen LogP contribution in [0.25, 0.3) is 0 Å². The lowest BCUT2D eigenvalue weighted by molar-refractivity contribution is 0.102. The second kappa shape index (κ2) is 11.0. The fourth-order valence-electron chi connectivity index (χ4n) is 4.89. The van der Waals surface area contributed by atoms with Gasteiger partial charge in [0.25, 0.3) is 5.91 Å². The molecule has 0 fully saturated rings. The second-order valence-corrected chi connectivity index (χ2v) is 11.5. The molecule has 1 atom stereocenters. The number of rotatable bonds is 7. The molecular formula is C30H36N2O4S. The van der Waals surface area contributed by atoms with Gasteiger partial charge in [-0.1, -0.05) is 39.0 Å². The van der Waals surface area contributed by atoms with E-state index in [1.165, 1.54) is 4.88 Å². The van der Waals surface area contributed by atoms with Crippen LogP contribution in [0.5, 0.6) is 17.2 Å². The van der Waals surface area contributed by atoms with Crippen LogP contribution in [0.15, 0.2) is 41.4 Å². The highest BCUT2D eigenvalue weighted by Crippen LogP contribution is 2.46. The number of para-hydroxylation sites is 1. The lowest BCUT2D eigenvalue weighted by atomic mass is 9.72. The SMILES string of the molecule is COc1ccc(C=Nc2sc3c(c2C(=O)Nc2ccccc2C)CC[C@H](C(C)(C)C)C3)c(OC)c1OC. The van der Waals surface area contributed by atoms with Crippen LogP contribution in [0, 0.1) is 18.3 Å². The molecule has 1 aromatic heterocycles. The summed E-state index contributed by atoms with van der Waals surface area (Å²) in [6.45, 7) is 8.88. The maximum Gasteiger partial charge on any atom is 0.259 e. The van der Waals surface area contributed by atoms with Gasteiger partial charge in [0, 0.05) is 22.3 Å². The lowest BCUT2D eigenvalue weighted by Gasteiger charge is -2.33. The average molecular weight is 521 g/mol. The quantitative estimate of drug-likeness (QED) is 0.334. The van der Waals surface area contributed by atoms with Gasteiger partial charge in [-0.05, 0) is 66.8 Å². The number of carbonyl (C=O) groups is 1. The summed E-state index contributed by atoms with van der Waals surface area (Å²) in [6, 6.07) is 11.5. The largest absolute Gasteiger partial charge is 0.493 e. The predicted octanol–water partition coefficient (Wildman–Crippen LogP) is 7.24. The highest BCUT2D eigenvalue weighted by atomic mass is 32.1. The Labute approximate surface area is 223 Å². The van der Waals surface area contributed by atoms with Crippen LogP contribution in [-0.2, 0) is 12.8 Å². The Bertz CT molecular complexity index is 1320. The molecule has 1 N–H and O–H groups in total. The molecule has 0 radical (unpaired) electrons. The van der Waals surface area contributed by atoms with E-state index in [4.69, 9.17) is 19.2 Å². The number of anilines is 1. The Balaban J connectivity index is 1.77. The van der Waals surface area contributed by atoms with Gasteiger partial charge in [0.2, 0.25) is 5.75 Å². The minimum absolute atomic E-state index is 0.118. The van der Waals surface area contributed by atoms with E-state index in [2.05, 4.69) is 26.1 Å². The third-order valence-electron chi connectivity index (χ3n) is 7.15. The number of aliphatic imine (C=N–C) groups is 1. The van der Waals surface area contributed by atoms with Crippen LogP contribution in [0.4, 0.5) is 10.7 Å². The standard InChI is InChI=1S/C30H36N2O4S/c1-18-10-8-9-11-22(18)32-28(33)25-21-14-13-20(30(2,3)4)16-24(21)37-29(25)31-17-19-12-15-23(34-5)27(36-7)26(19)35-6/h8-12,15,17,20H,13-14,16H2,1-7H3,(H,32,33)/t20-/m0/s1. The highest BCUT2D eigenvalue weighted by molar-refractivity contribution is 7.16. The molecule has 3 aromatic rings. The molecule has 0 unspecified atom stereocenters. The summed E-state index contributed by atoms with van der Waals surface area (Å²) in [7, 11) is 4.76. The number of nitrogens with zero attached hydrogens (tertiary/aromatic N) is 1. The number of fused-ring (bicyclic) bond motifs is 1. The van der Waals surface area contributed by atoms with Crippen LogP contribution in [0.3, 0.4) is 0 Å². The summed E-state index contributed by atoms with van der Waals surface area (Å²) in [6.07, 6.45) is 4.64. The smallest absolute Gasteiger partial charge is 0.259 e. The molecule has 0 bridgehead atoms. The number of carbonyl (C=O) groups excluding carboxylic acids is 1. The molecule has 1 aliphatic rings. The fraction of sp³-hybridized carbons (Fsp3) is 0.400. The van der Waals surface area contributed by atoms with Gasteiger partial charge in [0.15, 0.2) is 11.5 Å². The fourth-order valence-corrected chi connectivity index (χ4v) is 6.16. The molecule has 7 heteroatoms. The van der Waals surface area contributed by atoms with Gasteiger partial charge < -0.3 is 19.5 Å². The average Bonchev–Trinajstić information content (AvgIpc) is 3.25. The normalized spacial score (nSPS) is 15.4. The number of hydrogen-bond acceptors (Lipinski definition) is 6. The van der Waals surface area contributed by atoms with E-state index in [-0.39, 0.29) is 11.3 Å². The molecule has 0 spiro atoms. The molecule has 37 heavy (non-hydrogen) atoms. The monoisotopic (exact) mass is 520 g/mol. The van der Waals surface area contributed by atoms with E-state index in [1.54, 1.807) is 38.9 Å². The molecule has 1 amide bonds. The number of benzene rings is 2. The molecular weight excluding hydrogens is 484 g/mol. The van der Waals surface area contributed by atoms with E-state index >= 15 is 0 Å². The predicted molar refractivity (Wildman–Crippen MR) is 152 cm³/mol. The maximum atomic E-state index is 13.7. The number of methoxy groups -OCH3 is 3. The van der Waals surface area contributed by atoms with E-state index in [0.717, 1.165) is 41.6 Å². The molecule has 1 heterocycles. The van der Waals surface area contributed by atoms with Crippen molar-refractivity contribution in [2.24, 2.45) is 16.3 Å². The molecule has 0 saturated heterocycles. The Morgan fingerprint density at radius 1 is 1.05 bits per heavy atom. The number of hydrogen-bond donors (Lipinski definition) is 1. The van der Waals surface area contributed by atoms with Gasteiger partial charge in [0.1, 0.15) is 5.00 Å². The van der Waals surface area contributed by atoms with Gasteiger partial charge >= 0.3 is 0 Å². The summed E-state index contributed by atoms with van der Waals surface area (Å²) in [5, 5.41) is 3.84. The van der Waals surface area contributed by atoms with Gasteiger partial charge in [-0.15, -0.1) is 11.3 Å². The first kappa shape index (κ1) is 26.7. The minimum Gasteiger partial charge on any atom is -0.493 e. The van der Waals surface area contributed by atoms with Gasteiger partial charge in [-0.25, -0.2) is 4.99 Å². The third kappa shape index (κ3) is 5.52. The van der Waals surface area contributed by atoms with Crippen LogP contribution >= 0.6 is 11.3 Å². The first-order chi connectivity index (χ1) is 17.7. The number of thiophene rings is 1. The molecule has 0 saturated carbocycles. The molecule has 0 aliphatic heterocycles. The summed E-state index contributed by atoms with van der Waals surface area (Å²) < 4.78 is 16.6. The zero-order chi connectivity index (χ0) is 26.7. The third-order valence-corrected chi connectivity index (χ3v) is 8.31. The van der Waals surface area contributed by atoms with E-state index < -0.39 is 0 Å². The van der Waals surface area contributed by atoms with Crippen molar-refractivity contribution in [2.45, 2.75) is 47.0 Å². The zero-order valence-corrected chi connectivity index (χ0v) is 23.5. The van der Waals surface area contributed by atoms with Crippen molar-refractivity contribution in [3.05, 3.63) is 63.5 Å².